The molecule has 7 heteroatoms. The predicted octanol–water partition coefficient (Wildman–Crippen LogP) is 2.42. The van der Waals surface area contributed by atoms with Gasteiger partial charge < -0.3 is 0 Å². The van der Waals surface area contributed by atoms with Gasteiger partial charge in [0.15, 0.2) is 0 Å². The molecular weight excluding hydrogens is 284 g/mol. The van der Waals surface area contributed by atoms with Crippen LogP contribution in [0.1, 0.15) is 16.3 Å². The number of rotatable bonds is 4. The first-order valence-corrected chi connectivity index (χ1v) is 6.60. The van der Waals surface area contributed by atoms with E-state index >= 15 is 0 Å². The van der Waals surface area contributed by atoms with Crippen LogP contribution in [0.15, 0.2) is 28.7 Å². The molecule has 2 rings (SSSR count). The van der Waals surface area contributed by atoms with Crippen LogP contribution in [0.25, 0.3) is 0 Å². The maximum absolute atomic E-state index is 13.3. The van der Waals surface area contributed by atoms with Gasteiger partial charge in [-0.1, -0.05) is 0 Å². The average Bonchev–Trinajstić information content (AvgIpc) is 2.77. The minimum Gasteiger partial charge on any atom is -0.273 e. The number of thiazole rings is 1. The third-order valence-electron chi connectivity index (χ3n) is 2.33. The molecule has 1 aromatic heterocycles. The standard InChI is InChI=1S/C13H11F2N3OS/c1-8-7-20-13(17-8)5-12(19)18-16-6-9-2-3-10(14)4-11(9)15/h2-4,6-7H,5H2,1H3,(H,18,19)/b16-6-. The summed E-state index contributed by atoms with van der Waals surface area (Å²) in [5.74, 6) is -1.75. The van der Waals surface area contributed by atoms with Crippen LogP contribution in [0.2, 0.25) is 0 Å². The topological polar surface area (TPSA) is 54.4 Å². The van der Waals surface area contributed by atoms with Crippen molar-refractivity contribution in [3.63, 3.8) is 0 Å². The SMILES string of the molecule is Cc1csc(CC(=O)N/N=C\c2ccc(F)cc2F)n1. The summed E-state index contributed by atoms with van der Waals surface area (Å²) >= 11 is 1.39. The zero-order chi connectivity index (χ0) is 14.5. The van der Waals surface area contributed by atoms with E-state index < -0.39 is 11.6 Å². The third-order valence-corrected chi connectivity index (χ3v) is 3.30. The number of nitrogens with one attached hydrogen (secondary N) is 1. The zero-order valence-electron chi connectivity index (χ0n) is 10.6. The highest BCUT2D eigenvalue weighted by molar-refractivity contribution is 7.09. The highest BCUT2D eigenvalue weighted by Gasteiger charge is 2.06. The molecular formula is C13H11F2N3OS. The van der Waals surface area contributed by atoms with E-state index in [-0.39, 0.29) is 17.9 Å². The molecule has 0 aliphatic heterocycles. The smallest absolute Gasteiger partial charge is 0.246 e. The van der Waals surface area contributed by atoms with Crippen molar-refractivity contribution in [2.75, 3.05) is 0 Å². The Labute approximate surface area is 118 Å². The molecule has 0 aliphatic carbocycles. The molecule has 1 aromatic carbocycles. The largest absolute Gasteiger partial charge is 0.273 e. The van der Waals surface area contributed by atoms with Crippen LogP contribution in [-0.2, 0) is 11.2 Å². The lowest BCUT2D eigenvalue weighted by atomic mass is 10.2. The van der Waals surface area contributed by atoms with Crippen molar-refractivity contribution in [3.8, 4) is 0 Å². The number of amides is 1. The first-order valence-electron chi connectivity index (χ1n) is 5.72. The van der Waals surface area contributed by atoms with Gasteiger partial charge in [-0.15, -0.1) is 11.3 Å². The Kier molecular flexibility index (Phi) is 4.52. The van der Waals surface area contributed by atoms with Crippen LogP contribution in [0, 0.1) is 18.6 Å². The van der Waals surface area contributed by atoms with E-state index in [4.69, 9.17) is 0 Å². The third kappa shape index (κ3) is 3.92. The number of halogens is 2. The number of aryl methyl sites for hydroxylation is 1. The van der Waals surface area contributed by atoms with Crippen LogP contribution in [-0.4, -0.2) is 17.1 Å². The molecule has 0 unspecified atom stereocenters. The fourth-order valence-electron chi connectivity index (χ4n) is 1.44. The van der Waals surface area contributed by atoms with Crippen molar-refractivity contribution < 1.29 is 13.6 Å². The molecule has 0 atom stereocenters. The molecule has 1 heterocycles. The van der Waals surface area contributed by atoms with Crippen LogP contribution in [0.5, 0.6) is 0 Å². The second-order valence-corrected chi connectivity index (χ2v) is 4.96. The number of carbonyl (C=O) groups is 1. The van der Waals surface area contributed by atoms with Crippen molar-refractivity contribution in [2.24, 2.45) is 5.10 Å². The molecule has 0 bridgehead atoms. The van der Waals surface area contributed by atoms with Crippen molar-refractivity contribution in [2.45, 2.75) is 13.3 Å². The Morgan fingerprint density at radius 1 is 1.50 bits per heavy atom. The highest BCUT2D eigenvalue weighted by atomic mass is 32.1. The normalized spacial score (nSPS) is 10.9. The van der Waals surface area contributed by atoms with Crippen LogP contribution in [0.4, 0.5) is 8.78 Å². The second-order valence-electron chi connectivity index (χ2n) is 4.02. The molecule has 20 heavy (non-hydrogen) atoms. The zero-order valence-corrected chi connectivity index (χ0v) is 11.4. The van der Waals surface area contributed by atoms with Gasteiger partial charge in [-0.05, 0) is 19.1 Å². The number of benzene rings is 1. The average molecular weight is 295 g/mol. The molecule has 0 saturated heterocycles. The summed E-state index contributed by atoms with van der Waals surface area (Å²) in [7, 11) is 0. The Bertz CT molecular complexity index is 655. The molecule has 0 radical (unpaired) electrons. The molecule has 1 N–H and O–H groups in total. The Morgan fingerprint density at radius 2 is 2.30 bits per heavy atom. The van der Waals surface area contributed by atoms with E-state index in [1.54, 1.807) is 0 Å². The number of carbonyl (C=O) groups excluding carboxylic acids is 1. The van der Waals surface area contributed by atoms with E-state index in [1.807, 2.05) is 12.3 Å². The van der Waals surface area contributed by atoms with E-state index in [9.17, 15) is 13.6 Å². The molecule has 104 valence electrons. The van der Waals surface area contributed by atoms with Gasteiger partial charge in [0.25, 0.3) is 0 Å². The quantitative estimate of drug-likeness (QED) is 0.695. The monoisotopic (exact) mass is 295 g/mol. The second kappa shape index (κ2) is 6.33. The van der Waals surface area contributed by atoms with Gasteiger partial charge in [-0.3, -0.25) is 4.79 Å². The summed E-state index contributed by atoms with van der Waals surface area (Å²) < 4.78 is 26.0. The van der Waals surface area contributed by atoms with Gasteiger partial charge in [0.1, 0.15) is 16.6 Å². The summed E-state index contributed by atoms with van der Waals surface area (Å²) in [5, 5.41) is 6.16. The lowest BCUT2D eigenvalue weighted by Crippen LogP contribution is -2.19. The van der Waals surface area contributed by atoms with Crippen LogP contribution in [0.3, 0.4) is 0 Å². The van der Waals surface area contributed by atoms with Crippen LogP contribution < -0.4 is 5.43 Å². The Morgan fingerprint density at radius 3 is 2.95 bits per heavy atom. The van der Waals surface area contributed by atoms with Gasteiger partial charge in [0.05, 0.1) is 12.6 Å². The minimum absolute atomic E-state index is 0.0943. The lowest BCUT2D eigenvalue weighted by Gasteiger charge is -1.98. The maximum Gasteiger partial charge on any atom is 0.246 e. The highest BCUT2D eigenvalue weighted by Crippen LogP contribution is 2.09. The van der Waals surface area contributed by atoms with Gasteiger partial charge in [-0.25, -0.2) is 19.2 Å². The molecule has 4 nitrogen and oxygen atoms in total. The molecule has 0 aliphatic rings. The van der Waals surface area contributed by atoms with Crippen molar-refractivity contribution in [1.82, 2.24) is 10.4 Å². The lowest BCUT2D eigenvalue weighted by molar-refractivity contribution is -0.120. The number of hydrogen-bond acceptors (Lipinski definition) is 4. The number of aromatic nitrogens is 1. The summed E-state index contributed by atoms with van der Waals surface area (Å²) in [5.41, 5.74) is 3.22. The van der Waals surface area contributed by atoms with Crippen molar-refractivity contribution >= 4 is 23.5 Å². The summed E-state index contributed by atoms with van der Waals surface area (Å²) in [6, 6.07) is 3.11. The Hall–Kier alpha value is -2.15. The van der Waals surface area contributed by atoms with E-state index in [0.29, 0.717) is 5.01 Å². The molecule has 2 aromatic rings. The number of hydrogen-bond donors (Lipinski definition) is 1. The first kappa shape index (κ1) is 14.3. The van der Waals surface area contributed by atoms with Crippen LogP contribution >= 0.6 is 11.3 Å². The van der Waals surface area contributed by atoms with Gasteiger partial charge >= 0.3 is 0 Å². The summed E-state index contributed by atoms with van der Waals surface area (Å²) in [4.78, 5) is 15.7. The number of hydrazone groups is 1. The Balaban J connectivity index is 1.91. The molecule has 0 spiro atoms. The first-order chi connectivity index (χ1) is 9.54. The number of nitrogens with zero attached hydrogens (tertiary/aromatic N) is 2. The predicted molar refractivity (Wildman–Crippen MR) is 72.6 cm³/mol. The van der Waals surface area contributed by atoms with Gasteiger partial charge in [0, 0.05) is 22.7 Å². The maximum atomic E-state index is 13.3. The van der Waals surface area contributed by atoms with E-state index in [0.717, 1.165) is 24.0 Å². The van der Waals surface area contributed by atoms with E-state index in [2.05, 4.69) is 15.5 Å². The molecule has 1 amide bonds. The van der Waals surface area contributed by atoms with Gasteiger partial charge in [0.2, 0.25) is 5.91 Å². The van der Waals surface area contributed by atoms with Crippen molar-refractivity contribution in [3.05, 3.63) is 51.5 Å². The fraction of sp³-hybridized carbons (Fsp3) is 0.154. The fourth-order valence-corrected chi connectivity index (χ4v) is 2.21. The minimum atomic E-state index is -0.737. The van der Waals surface area contributed by atoms with E-state index in [1.165, 1.54) is 17.4 Å². The van der Waals surface area contributed by atoms with Crippen molar-refractivity contribution in [1.29, 1.82) is 0 Å². The molecule has 0 saturated carbocycles. The van der Waals surface area contributed by atoms with Gasteiger partial charge in [-0.2, -0.15) is 5.10 Å². The summed E-state index contributed by atoms with van der Waals surface area (Å²) in [6.07, 6.45) is 1.24. The molecule has 0 fully saturated rings. The summed E-state index contributed by atoms with van der Waals surface area (Å²) in [6.45, 7) is 1.84.